The number of fused-ring (bicyclic) bond motifs is 1. The summed E-state index contributed by atoms with van der Waals surface area (Å²) in [6.45, 7) is 6.06. The highest BCUT2D eigenvalue weighted by molar-refractivity contribution is 5.94. The van der Waals surface area contributed by atoms with Crippen LogP contribution >= 0.6 is 0 Å². The van der Waals surface area contributed by atoms with Gasteiger partial charge in [-0.05, 0) is 49.7 Å². The van der Waals surface area contributed by atoms with Crippen molar-refractivity contribution in [2.45, 2.75) is 13.3 Å². The van der Waals surface area contributed by atoms with Crippen molar-refractivity contribution in [3.63, 3.8) is 0 Å². The number of carbonyl (C=O) groups is 2. The maximum Gasteiger partial charge on any atom is 0.268 e. The Morgan fingerprint density at radius 1 is 1.21 bits per heavy atom. The van der Waals surface area contributed by atoms with Crippen LogP contribution in [0.5, 0.6) is 0 Å². The first-order chi connectivity index (χ1) is 13.5. The number of imidazole rings is 1. The first-order valence-electron chi connectivity index (χ1n) is 8.89. The van der Waals surface area contributed by atoms with E-state index >= 15 is 0 Å². The Bertz CT molecular complexity index is 1010. The molecule has 0 radical (unpaired) electrons. The normalized spacial score (nSPS) is 11.8. The molecule has 0 bridgehead atoms. The van der Waals surface area contributed by atoms with E-state index in [2.05, 4.69) is 22.2 Å². The van der Waals surface area contributed by atoms with Crippen LogP contribution in [0.1, 0.15) is 23.8 Å². The van der Waals surface area contributed by atoms with E-state index < -0.39 is 5.92 Å². The first-order valence-corrected chi connectivity index (χ1v) is 8.89. The number of hydrogen-bond donors (Lipinski definition) is 2. The van der Waals surface area contributed by atoms with Gasteiger partial charge in [-0.25, -0.2) is 9.37 Å². The standard InChI is InChI=1S/C21H21FN4O2/c1-14(15(2)20(27)25-17-8-6-16(22)7-9-17)10-11-24-21(28)19-5-3-4-18-12-23-13-26(18)19/h3-9,12-13,15H,1,10-11H2,2H3,(H,24,28)(H,25,27). The molecular formula is C21H21FN4O2. The molecule has 28 heavy (non-hydrogen) atoms. The van der Waals surface area contributed by atoms with Crippen LogP contribution in [-0.4, -0.2) is 27.7 Å². The smallest absolute Gasteiger partial charge is 0.268 e. The number of benzene rings is 1. The number of halogens is 1. The van der Waals surface area contributed by atoms with Crippen molar-refractivity contribution in [1.29, 1.82) is 0 Å². The Kier molecular flexibility index (Phi) is 5.84. The molecule has 7 heteroatoms. The van der Waals surface area contributed by atoms with Crippen LogP contribution in [0.15, 0.2) is 67.1 Å². The van der Waals surface area contributed by atoms with E-state index in [-0.39, 0.29) is 17.6 Å². The van der Waals surface area contributed by atoms with E-state index in [0.29, 0.717) is 29.9 Å². The average Bonchev–Trinajstić information content (AvgIpc) is 3.17. The Morgan fingerprint density at radius 2 is 1.96 bits per heavy atom. The Labute approximate surface area is 162 Å². The van der Waals surface area contributed by atoms with Gasteiger partial charge in [0, 0.05) is 12.2 Å². The fraction of sp³-hybridized carbons (Fsp3) is 0.190. The molecule has 2 aromatic heterocycles. The average molecular weight is 380 g/mol. The molecule has 0 spiro atoms. The Morgan fingerprint density at radius 3 is 2.71 bits per heavy atom. The molecule has 0 aliphatic heterocycles. The van der Waals surface area contributed by atoms with Crippen LogP contribution in [-0.2, 0) is 4.79 Å². The fourth-order valence-corrected chi connectivity index (χ4v) is 2.75. The number of amides is 2. The summed E-state index contributed by atoms with van der Waals surface area (Å²) in [4.78, 5) is 28.8. The lowest BCUT2D eigenvalue weighted by atomic mass is 9.99. The SMILES string of the molecule is C=C(CCNC(=O)c1cccc2cncn12)C(C)C(=O)Nc1ccc(F)cc1. The molecule has 1 unspecified atom stereocenters. The van der Waals surface area contributed by atoms with E-state index in [9.17, 15) is 14.0 Å². The van der Waals surface area contributed by atoms with Gasteiger partial charge in [0.15, 0.2) is 0 Å². The van der Waals surface area contributed by atoms with Crippen molar-refractivity contribution in [2.24, 2.45) is 5.92 Å². The van der Waals surface area contributed by atoms with Crippen molar-refractivity contribution in [1.82, 2.24) is 14.7 Å². The quantitative estimate of drug-likeness (QED) is 0.617. The van der Waals surface area contributed by atoms with Crippen molar-refractivity contribution in [3.05, 3.63) is 78.7 Å². The van der Waals surface area contributed by atoms with E-state index in [0.717, 1.165) is 5.52 Å². The van der Waals surface area contributed by atoms with Crippen LogP contribution in [0.25, 0.3) is 5.52 Å². The lowest BCUT2D eigenvalue weighted by molar-refractivity contribution is -0.118. The molecule has 144 valence electrons. The van der Waals surface area contributed by atoms with Gasteiger partial charge < -0.3 is 10.6 Å². The van der Waals surface area contributed by atoms with E-state index in [1.54, 1.807) is 36.0 Å². The maximum absolute atomic E-state index is 12.9. The molecule has 3 aromatic rings. The third-order valence-electron chi connectivity index (χ3n) is 4.53. The number of nitrogens with one attached hydrogen (secondary N) is 2. The minimum atomic E-state index is -0.445. The molecule has 1 atom stereocenters. The Hall–Kier alpha value is -3.48. The maximum atomic E-state index is 12.9. The third-order valence-corrected chi connectivity index (χ3v) is 4.53. The highest BCUT2D eigenvalue weighted by Gasteiger charge is 2.17. The van der Waals surface area contributed by atoms with Crippen LogP contribution in [0.4, 0.5) is 10.1 Å². The monoisotopic (exact) mass is 380 g/mol. The molecule has 3 rings (SSSR count). The second kappa shape index (κ2) is 8.47. The number of rotatable bonds is 7. The van der Waals surface area contributed by atoms with Gasteiger partial charge in [0.2, 0.25) is 5.91 Å². The molecule has 2 N–H and O–H groups in total. The van der Waals surface area contributed by atoms with Gasteiger partial charge in [-0.1, -0.05) is 18.2 Å². The van der Waals surface area contributed by atoms with Gasteiger partial charge in [-0.15, -0.1) is 0 Å². The molecule has 0 saturated carbocycles. The zero-order valence-corrected chi connectivity index (χ0v) is 15.5. The van der Waals surface area contributed by atoms with Crippen LogP contribution in [0.3, 0.4) is 0 Å². The molecule has 2 heterocycles. The lowest BCUT2D eigenvalue weighted by Crippen LogP contribution is -2.28. The summed E-state index contributed by atoms with van der Waals surface area (Å²) in [5.74, 6) is -1.26. The molecule has 0 aliphatic rings. The second-order valence-electron chi connectivity index (χ2n) is 6.48. The fourth-order valence-electron chi connectivity index (χ4n) is 2.75. The topological polar surface area (TPSA) is 75.5 Å². The summed E-state index contributed by atoms with van der Waals surface area (Å²) >= 11 is 0. The third kappa shape index (κ3) is 4.43. The molecular weight excluding hydrogens is 359 g/mol. The van der Waals surface area contributed by atoms with Gasteiger partial charge in [-0.3, -0.25) is 14.0 Å². The van der Waals surface area contributed by atoms with Crippen molar-refractivity contribution < 1.29 is 14.0 Å². The molecule has 0 aliphatic carbocycles. The van der Waals surface area contributed by atoms with Crippen molar-refractivity contribution in [2.75, 3.05) is 11.9 Å². The molecule has 0 fully saturated rings. The Balaban J connectivity index is 1.50. The minimum absolute atomic E-state index is 0.222. The summed E-state index contributed by atoms with van der Waals surface area (Å²) < 4.78 is 14.7. The predicted molar refractivity (Wildman–Crippen MR) is 105 cm³/mol. The van der Waals surface area contributed by atoms with Gasteiger partial charge in [0.25, 0.3) is 5.91 Å². The zero-order valence-electron chi connectivity index (χ0n) is 15.5. The molecule has 0 saturated heterocycles. The first kappa shape index (κ1) is 19.3. The van der Waals surface area contributed by atoms with Crippen LogP contribution in [0.2, 0.25) is 0 Å². The van der Waals surface area contributed by atoms with Gasteiger partial charge >= 0.3 is 0 Å². The predicted octanol–water partition coefficient (Wildman–Crippen LogP) is 3.42. The summed E-state index contributed by atoms with van der Waals surface area (Å²) in [6.07, 6.45) is 3.73. The lowest BCUT2D eigenvalue weighted by Gasteiger charge is -2.15. The van der Waals surface area contributed by atoms with Crippen LogP contribution in [0, 0.1) is 11.7 Å². The summed E-state index contributed by atoms with van der Waals surface area (Å²) in [5.41, 5.74) is 2.54. The van der Waals surface area contributed by atoms with Gasteiger partial charge in [0.1, 0.15) is 11.5 Å². The largest absolute Gasteiger partial charge is 0.350 e. The highest BCUT2D eigenvalue weighted by atomic mass is 19.1. The number of carbonyl (C=O) groups excluding carboxylic acids is 2. The van der Waals surface area contributed by atoms with Crippen LogP contribution < -0.4 is 10.6 Å². The number of hydrogen-bond acceptors (Lipinski definition) is 3. The molecule has 1 aromatic carbocycles. The zero-order chi connectivity index (χ0) is 20.1. The van der Waals surface area contributed by atoms with Gasteiger partial charge in [-0.2, -0.15) is 0 Å². The van der Waals surface area contributed by atoms with Crippen molar-refractivity contribution in [3.8, 4) is 0 Å². The molecule has 2 amide bonds. The number of nitrogens with zero attached hydrogens (tertiary/aromatic N) is 2. The van der Waals surface area contributed by atoms with Gasteiger partial charge in [0.05, 0.1) is 24.0 Å². The number of anilines is 1. The highest BCUT2D eigenvalue weighted by Crippen LogP contribution is 2.16. The number of aromatic nitrogens is 2. The van der Waals surface area contributed by atoms with Crippen molar-refractivity contribution >= 4 is 23.0 Å². The summed E-state index contributed by atoms with van der Waals surface area (Å²) in [5, 5.41) is 5.57. The number of pyridine rings is 1. The van der Waals surface area contributed by atoms with E-state index in [1.165, 1.54) is 24.3 Å². The van der Waals surface area contributed by atoms with E-state index in [1.807, 2.05) is 6.07 Å². The minimum Gasteiger partial charge on any atom is -0.350 e. The molecule has 6 nitrogen and oxygen atoms in total. The summed E-state index contributed by atoms with van der Waals surface area (Å²) in [6, 6.07) is 11.0. The second-order valence-corrected chi connectivity index (χ2v) is 6.48. The summed E-state index contributed by atoms with van der Waals surface area (Å²) in [7, 11) is 0. The van der Waals surface area contributed by atoms with E-state index in [4.69, 9.17) is 0 Å².